The van der Waals surface area contributed by atoms with Crippen LogP contribution in [0.15, 0.2) is 23.1 Å². The molecule has 0 bridgehead atoms. The largest absolute Gasteiger partial charge is 0.416 e. The Morgan fingerprint density at radius 1 is 1.29 bits per heavy atom. The van der Waals surface area contributed by atoms with Gasteiger partial charge in [-0.15, -0.1) is 0 Å². The maximum absolute atomic E-state index is 12.8. The van der Waals surface area contributed by atoms with Crippen molar-refractivity contribution in [1.82, 2.24) is 4.72 Å². The van der Waals surface area contributed by atoms with E-state index in [0.717, 1.165) is 25.1 Å². The van der Waals surface area contributed by atoms with Gasteiger partial charge >= 0.3 is 6.18 Å². The molecule has 0 radical (unpaired) electrons. The lowest BCUT2D eigenvalue weighted by molar-refractivity contribution is -0.138. The van der Waals surface area contributed by atoms with Gasteiger partial charge in [-0.25, -0.2) is 13.1 Å². The highest BCUT2D eigenvalue weighted by Gasteiger charge is 2.34. The van der Waals surface area contributed by atoms with Gasteiger partial charge in [0, 0.05) is 11.9 Å². The Morgan fingerprint density at radius 2 is 1.95 bits per heavy atom. The van der Waals surface area contributed by atoms with E-state index in [0.29, 0.717) is 11.9 Å². The summed E-state index contributed by atoms with van der Waals surface area (Å²) in [5, 5.41) is 0.618. The van der Waals surface area contributed by atoms with E-state index in [1.54, 1.807) is 0 Å². The van der Waals surface area contributed by atoms with Gasteiger partial charge in [-0.2, -0.15) is 13.2 Å². The van der Waals surface area contributed by atoms with Crippen molar-refractivity contribution in [3.63, 3.8) is 0 Å². The van der Waals surface area contributed by atoms with Crippen LogP contribution < -0.4 is 4.72 Å². The fourth-order valence-corrected chi connectivity index (χ4v) is 3.20. The number of ether oxygens (including phenoxy) is 1. The summed E-state index contributed by atoms with van der Waals surface area (Å²) in [5.41, 5.74) is -1.28. The minimum absolute atomic E-state index is 0.00891. The first-order valence-electron chi connectivity index (χ1n) is 6.00. The second-order valence-electron chi connectivity index (χ2n) is 4.13. The molecule has 4 nitrogen and oxygen atoms in total. The van der Waals surface area contributed by atoms with Crippen LogP contribution in [0.2, 0.25) is 0 Å². The van der Waals surface area contributed by atoms with Crippen molar-refractivity contribution in [2.75, 3.05) is 25.1 Å². The second kappa shape index (κ2) is 7.57. The zero-order valence-electron chi connectivity index (χ0n) is 11.2. The Labute approximate surface area is 129 Å². The lowest BCUT2D eigenvalue weighted by atomic mass is 10.1. The van der Waals surface area contributed by atoms with Gasteiger partial charge in [0.25, 0.3) is 0 Å². The number of nitrogens with one attached hydrogen (secondary N) is 1. The number of alkyl halides is 4. The quantitative estimate of drug-likeness (QED) is 0.576. The zero-order valence-corrected chi connectivity index (χ0v) is 13.6. The minimum atomic E-state index is -4.59. The highest BCUT2D eigenvalue weighted by molar-refractivity contribution is 9.09. The van der Waals surface area contributed by atoms with Crippen molar-refractivity contribution in [3.8, 4) is 0 Å². The van der Waals surface area contributed by atoms with Crippen molar-refractivity contribution < 1.29 is 26.3 Å². The predicted octanol–water partition coefficient (Wildman–Crippen LogP) is 2.70. The molecule has 0 fully saturated rings. The smallest absolute Gasteiger partial charge is 0.379 e. The molecular weight excluding hydrogens is 375 g/mol. The van der Waals surface area contributed by atoms with Crippen LogP contribution in [0.1, 0.15) is 11.1 Å². The molecule has 0 spiro atoms. The van der Waals surface area contributed by atoms with E-state index in [2.05, 4.69) is 20.7 Å². The lowest BCUT2D eigenvalue weighted by Gasteiger charge is -2.14. The topological polar surface area (TPSA) is 55.4 Å². The van der Waals surface area contributed by atoms with Gasteiger partial charge in [-0.1, -0.05) is 22.0 Å². The summed E-state index contributed by atoms with van der Waals surface area (Å²) >= 11 is 3.14. The normalized spacial score (nSPS) is 12.6. The van der Waals surface area contributed by atoms with E-state index in [-0.39, 0.29) is 23.6 Å². The van der Waals surface area contributed by atoms with Gasteiger partial charge in [-0.05, 0) is 24.6 Å². The molecule has 0 atom stereocenters. The molecule has 0 aliphatic rings. The molecule has 21 heavy (non-hydrogen) atoms. The van der Waals surface area contributed by atoms with Crippen molar-refractivity contribution in [1.29, 1.82) is 0 Å². The predicted molar refractivity (Wildman–Crippen MR) is 76.0 cm³/mol. The third kappa shape index (κ3) is 5.24. The summed E-state index contributed by atoms with van der Waals surface area (Å²) in [4.78, 5) is -0.377. The zero-order chi connectivity index (χ0) is 16.1. The molecule has 1 rings (SSSR count). The van der Waals surface area contributed by atoms with E-state index in [1.807, 2.05) is 0 Å². The average Bonchev–Trinajstić information content (AvgIpc) is 2.37. The van der Waals surface area contributed by atoms with Gasteiger partial charge in [0.2, 0.25) is 10.0 Å². The molecule has 0 heterocycles. The molecule has 0 amide bonds. The number of rotatable bonds is 7. The average molecular weight is 390 g/mol. The maximum atomic E-state index is 12.8. The first kappa shape index (κ1) is 18.4. The monoisotopic (exact) mass is 389 g/mol. The van der Waals surface area contributed by atoms with Crippen LogP contribution in [0.25, 0.3) is 0 Å². The molecule has 0 saturated heterocycles. The van der Waals surface area contributed by atoms with E-state index in [4.69, 9.17) is 4.74 Å². The summed E-state index contributed by atoms with van der Waals surface area (Å²) in [6, 6.07) is 3.07. The van der Waals surface area contributed by atoms with E-state index in [9.17, 15) is 21.6 Å². The number of hydrogen-bond donors (Lipinski definition) is 1. The highest BCUT2D eigenvalue weighted by atomic mass is 79.9. The molecule has 0 unspecified atom stereocenters. The Bertz CT molecular complexity index is 576. The second-order valence-corrected chi connectivity index (χ2v) is 6.65. The van der Waals surface area contributed by atoms with Crippen LogP contribution in [0.5, 0.6) is 0 Å². The Balaban J connectivity index is 2.89. The maximum Gasteiger partial charge on any atom is 0.416 e. The van der Waals surface area contributed by atoms with Gasteiger partial charge in [-0.3, -0.25) is 0 Å². The van der Waals surface area contributed by atoms with Crippen molar-refractivity contribution >= 4 is 26.0 Å². The summed E-state index contributed by atoms with van der Waals surface area (Å²) in [7, 11) is -4.00. The van der Waals surface area contributed by atoms with Crippen LogP contribution in [0.4, 0.5) is 13.2 Å². The van der Waals surface area contributed by atoms with Crippen LogP contribution in [0, 0.1) is 6.92 Å². The summed E-state index contributed by atoms with van der Waals surface area (Å²) in [6.07, 6.45) is -4.59. The number of hydrogen-bond acceptors (Lipinski definition) is 3. The van der Waals surface area contributed by atoms with Crippen LogP contribution in [-0.4, -0.2) is 33.5 Å². The van der Waals surface area contributed by atoms with Crippen molar-refractivity contribution in [3.05, 3.63) is 29.3 Å². The highest BCUT2D eigenvalue weighted by Crippen LogP contribution is 2.33. The number of halogens is 4. The SMILES string of the molecule is Cc1c(C(F)(F)F)cccc1S(=O)(=O)NCCOCCBr. The summed E-state index contributed by atoms with van der Waals surface area (Å²) in [5.74, 6) is 0. The summed E-state index contributed by atoms with van der Waals surface area (Å²) in [6.45, 7) is 1.69. The summed E-state index contributed by atoms with van der Waals surface area (Å²) < 4.78 is 69.6. The lowest BCUT2D eigenvalue weighted by Crippen LogP contribution is -2.28. The van der Waals surface area contributed by atoms with Crippen LogP contribution in [-0.2, 0) is 20.9 Å². The van der Waals surface area contributed by atoms with Crippen molar-refractivity contribution in [2.24, 2.45) is 0 Å². The Morgan fingerprint density at radius 3 is 2.52 bits per heavy atom. The Kier molecular flexibility index (Phi) is 6.64. The molecule has 1 N–H and O–H groups in total. The molecule has 0 aliphatic carbocycles. The Hall–Kier alpha value is -0.640. The van der Waals surface area contributed by atoms with Crippen LogP contribution >= 0.6 is 15.9 Å². The molecule has 0 aliphatic heterocycles. The van der Waals surface area contributed by atoms with Crippen LogP contribution in [0.3, 0.4) is 0 Å². The third-order valence-corrected chi connectivity index (χ3v) is 4.57. The molecule has 1 aromatic carbocycles. The molecular formula is C12H15BrF3NO3S. The standard InChI is InChI=1S/C12H15BrF3NO3S/c1-9-10(12(14,15)16)3-2-4-11(9)21(18,19)17-6-8-20-7-5-13/h2-4,17H,5-8H2,1H3. The van der Waals surface area contributed by atoms with Gasteiger partial charge < -0.3 is 4.74 Å². The molecule has 120 valence electrons. The fourth-order valence-electron chi connectivity index (χ4n) is 1.70. The van der Waals surface area contributed by atoms with E-state index >= 15 is 0 Å². The number of benzene rings is 1. The molecule has 0 saturated carbocycles. The minimum Gasteiger partial charge on any atom is -0.379 e. The van der Waals surface area contributed by atoms with Gasteiger partial charge in [0.05, 0.1) is 23.7 Å². The molecule has 0 aromatic heterocycles. The fraction of sp³-hybridized carbons (Fsp3) is 0.500. The first-order valence-corrected chi connectivity index (χ1v) is 8.61. The number of sulfonamides is 1. The van der Waals surface area contributed by atoms with Gasteiger partial charge in [0.15, 0.2) is 0 Å². The van der Waals surface area contributed by atoms with Gasteiger partial charge in [0.1, 0.15) is 0 Å². The molecule has 9 heteroatoms. The van der Waals surface area contributed by atoms with E-state index < -0.39 is 21.8 Å². The third-order valence-electron chi connectivity index (χ3n) is 2.64. The first-order chi connectivity index (χ1) is 9.70. The van der Waals surface area contributed by atoms with Crippen molar-refractivity contribution in [2.45, 2.75) is 18.0 Å². The molecule has 1 aromatic rings. The van der Waals surface area contributed by atoms with E-state index in [1.165, 1.54) is 0 Å².